The second-order valence-electron chi connectivity index (χ2n) is 9.41. The van der Waals surface area contributed by atoms with Gasteiger partial charge in [0.05, 0.1) is 18.1 Å². The number of aliphatic hydroxyl groups excluding tert-OH is 1. The van der Waals surface area contributed by atoms with Crippen molar-refractivity contribution >= 4 is 17.7 Å². The average Bonchev–Trinajstić information content (AvgIpc) is 3.09. The smallest absolute Gasteiger partial charge is 0.410 e. The summed E-state index contributed by atoms with van der Waals surface area (Å²) in [5.74, 6) is 3.14. The minimum Gasteiger partial charge on any atom is -0.410 e. The number of nitrogens with zero attached hydrogens (tertiary/aromatic N) is 2. The van der Waals surface area contributed by atoms with Gasteiger partial charge in [-0.3, -0.25) is 4.79 Å². The quantitative estimate of drug-likeness (QED) is 0.705. The van der Waals surface area contributed by atoms with Gasteiger partial charge in [0.1, 0.15) is 5.75 Å². The lowest BCUT2D eigenvalue weighted by atomic mass is 9.78. The summed E-state index contributed by atoms with van der Waals surface area (Å²) in [6.07, 6.45) is 10.6. The lowest BCUT2D eigenvalue weighted by molar-refractivity contribution is -0.139. The molecule has 0 bridgehead atoms. The summed E-state index contributed by atoms with van der Waals surface area (Å²) in [5.41, 5.74) is 1.59. The fourth-order valence-electron chi connectivity index (χ4n) is 5.50. The first-order valence-corrected chi connectivity index (χ1v) is 11.7. The zero-order valence-electron chi connectivity index (χ0n) is 18.8. The summed E-state index contributed by atoms with van der Waals surface area (Å²) < 4.78 is 5.35. The molecule has 2 saturated heterocycles. The number of hydrogen-bond acceptors (Lipinski definition) is 5. The van der Waals surface area contributed by atoms with E-state index in [9.17, 15) is 14.7 Å². The summed E-state index contributed by atoms with van der Waals surface area (Å²) in [5, 5.41) is 12.3. The third kappa shape index (κ3) is 4.56. The molecule has 32 heavy (non-hydrogen) atoms. The van der Waals surface area contributed by atoms with E-state index in [4.69, 9.17) is 11.2 Å². The van der Waals surface area contributed by atoms with Crippen molar-refractivity contribution in [2.75, 3.05) is 31.1 Å². The Kier molecular flexibility index (Phi) is 6.61. The summed E-state index contributed by atoms with van der Waals surface area (Å²) in [6, 6.07) is 6.05. The Bertz CT molecular complexity index is 903. The number of terminal acetylenes is 1. The zero-order chi connectivity index (χ0) is 22.7. The van der Waals surface area contributed by atoms with Crippen molar-refractivity contribution in [3.05, 3.63) is 23.8 Å². The van der Waals surface area contributed by atoms with Crippen LogP contribution >= 0.6 is 0 Å². The number of nitrogens with one attached hydrogen (secondary N) is 1. The molecule has 0 aromatic heterocycles. The largest absolute Gasteiger partial charge is 0.413 e. The highest BCUT2D eigenvalue weighted by molar-refractivity contribution is 5.86. The summed E-state index contributed by atoms with van der Waals surface area (Å²) >= 11 is 0. The topological polar surface area (TPSA) is 82.1 Å². The molecule has 1 spiro atoms. The molecule has 1 aromatic carbocycles. The zero-order valence-corrected chi connectivity index (χ0v) is 18.8. The van der Waals surface area contributed by atoms with E-state index in [0.717, 1.165) is 75.8 Å². The number of aliphatic hydroxyl groups is 1. The molecule has 1 aliphatic carbocycles. The van der Waals surface area contributed by atoms with Crippen LogP contribution in [0.2, 0.25) is 0 Å². The highest BCUT2D eigenvalue weighted by atomic mass is 16.6. The fourth-order valence-corrected chi connectivity index (χ4v) is 5.50. The molecule has 1 atom stereocenters. The van der Waals surface area contributed by atoms with E-state index in [0.29, 0.717) is 11.7 Å². The Balaban J connectivity index is 1.43. The van der Waals surface area contributed by atoms with Gasteiger partial charge in [-0.05, 0) is 75.6 Å². The van der Waals surface area contributed by atoms with E-state index >= 15 is 0 Å². The molecule has 7 heteroatoms. The number of hydrogen-bond donors (Lipinski definition) is 2. The number of carbonyl (C=O) groups is 2. The van der Waals surface area contributed by atoms with E-state index < -0.39 is 6.09 Å². The third-order valence-corrected chi connectivity index (χ3v) is 7.29. The van der Waals surface area contributed by atoms with Gasteiger partial charge in [0.2, 0.25) is 5.91 Å². The maximum Gasteiger partial charge on any atom is 0.413 e. The number of anilines is 1. The van der Waals surface area contributed by atoms with Gasteiger partial charge in [0.15, 0.2) is 0 Å². The van der Waals surface area contributed by atoms with Crippen LogP contribution in [0.4, 0.5) is 10.5 Å². The van der Waals surface area contributed by atoms with Crippen LogP contribution in [0.1, 0.15) is 50.5 Å². The average molecular weight is 440 g/mol. The van der Waals surface area contributed by atoms with Crippen LogP contribution in [0.15, 0.2) is 18.2 Å². The van der Waals surface area contributed by atoms with Crippen LogP contribution in [0.3, 0.4) is 0 Å². The molecule has 4 rings (SSSR count). The highest BCUT2D eigenvalue weighted by Crippen LogP contribution is 2.43. The Labute approximate surface area is 190 Å². The highest BCUT2D eigenvalue weighted by Gasteiger charge is 2.50. The number of carbonyl (C=O) groups excluding carboxylic acids is 2. The first-order valence-electron chi connectivity index (χ1n) is 11.7. The SMILES string of the molecule is C#CCNC(=O)Oc1ccc(N2CCCC3(CCN(C4CCC(O)CC4)C3=O)C2)cc1C. The maximum atomic E-state index is 13.5. The second-order valence-corrected chi connectivity index (χ2v) is 9.41. The molecule has 7 nitrogen and oxygen atoms in total. The van der Waals surface area contributed by atoms with Crippen molar-refractivity contribution in [3.8, 4) is 18.1 Å². The molecule has 2 heterocycles. The van der Waals surface area contributed by atoms with Crippen molar-refractivity contribution in [1.29, 1.82) is 0 Å². The summed E-state index contributed by atoms with van der Waals surface area (Å²) in [6.45, 7) is 4.49. The molecule has 1 saturated carbocycles. The van der Waals surface area contributed by atoms with Crippen LogP contribution in [0.5, 0.6) is 5.75 Å². The van der Waals surface area contributed by atoms with Crippen molar-refractivity contribution in [2.45, 2.75) is 64.0 Å². The monoisotopic (exact) mass is 439 g/mol. The molecule has 1 aromatic rings. The van der Waals surface area contributed by atoms with Crippen LogP contribution in [-0.4, -0.2) is 60.3 Å². The number of amides is 2. The molecular weight excluding hydrogens is 406 g/mol. The van der Waals surface area contributed by atoms with Crippen LogP contribution in [-0.2, 0) is 4.79 Å². The number of rotatable bonds is 4. The fraction of sp³-hybridized carbons (Fsp3) is 0.600. The van der Waals surface area contributed by atoms with Gasteiger partial charge in [-0.25, -0.2) is 4.79 Å². The Morgan fingerprint density at radius 3 is 2.78 bits per heavy atom. The molecule has 1 unspecified atom stereocenters. The second kappa shape index (κ2) is 9.41. The van der Waals surface area contributed by atoms with E-state index in [1.165, 1.54) is 0 Å². The molecule has 2 amide bonds. The Morgan fingerprint density at radius 1 is 1.28 bits per heavy atom. The molecule has 3 aliphatic rings. The number of piperidine rings is 1. The standard InChI is InChI=1S/C25H33N3O4/c1-3-13-26-24(31)32-22-10-7-20(16-18(22)2)27-14-4-11-25(17-27)12-15-28(23(25)30)19-5-8-21(29)9-6-19/h1,7,10,16,19,21,29H,4-6,8-9,11-15,17H2,2H3,(H,26,31). The van der Waals surface area contributed by atoms with E-state index in [2.05, 4.69) is 21.0 Å². The summed E-state index contributed by atoms with van der Waals surface area (Å²) in [4.78, 5) is 29.7. The molecule has 3 fully saturated rings. The van der Waals surface area contributed by atoms with Crippen molar-refractivity contribution in [2.24, 2.45) is 5.41 Å². The predicted molar refractivity (Wildman–Crippen MR) is 123 cm³/mol. The van der Waals surface area contributed by atoms with E-state index in [1.54, 1.807) is 6.07 Å². The Morgan fingerprint density at radius 2 is 2.06 bits per heavy atom. The number of ether oxygens (including phenoxy) is 1. The van der Waals surface area contributed by atoms with Gasteiger partial charge in [0, 0.05) is 31.4 Å². The van der Waals surface area contributed by atoms with Gasteiger partial charge in [0.25, 0.3) is 0 Å². The lowest BCUT2D eigenvalue weighted by Crippen LogP contribution is -2.50. The van der Waals surface area contributed by atoms with Crippen molar-refractivity contribution in [3.63, 3.8) is 0 Å². The minimum absolute atomic E-state index is 0.123. The van der Waals surface area contributed by atoms with Gasteiger partial charge in [-0.1, -0.05) is 5.92 Å². The first-order chi connectivity index (χ1) is 15.4. The minimum atomic E-state index is -0.567. The number of likely N-dealkylation sites (tertiary alicyclic amines) is 1. The van der Waals surface area contributed by atoms with Crippen molar-refractivity contribution in [1.82, 2.24) is 10.2 Å². The molecule has 2 N–H and O–H groups in total. The van der Waals surface area contributed by atoms with Gasteiger partial charge in [-0.15, -0.1) is 6.42 Å². The van der Waals surface area contributed by atoms with Gasteiger partial charge < -0.3 is 25.0 Å². The predicted octanol–water partition coefficient (Wildman–Crippen LogP) is 2.84. The summed E-state index contributed by atoms with van der Waals surface area (Å²) in [7, 11) is 0. The Hall–Kier alpha value is -2.72. The first kappa shape index (κ1) is 22.5. The van der Waals surface area contributed by atoms with Crippen molar-refractivity contribution < 1.29 is 19.4 Å². The van der Waals surface area contributed by atoms with E-state index in [1.807, 2.05) is 19.1 Å². The number of benzene rings is 1. The van der Waals surface area contributed by atoms with Crippen LogP contribution in [0.25, 0.3) is 0 Å². The third-order valence-electron chi connectivity index (χ3n) is 7.29. The van der Waals surface area contributed by atoms with Gasteiger partial charge in [-0.2, -0.15) is 0 Å². The van der Waals surface area contributed by atoms with Crippen LogP contribution < -0.4 is 15.0 Å². The maximum absolute atomic E-state index is 13.5. The molecule has 0 radical (unpaired) electrons. The van der Waals surface area contributed by atoms with Crippen LogP contribution in [0, 0.1) is 24.7 Å². The molecular formula is C25H33N3O4. The van der Waals surface area contributed by atoms with E-state index in [-0.39, 0.29) is 24.1 Å². The molecule has 172 valence electrons. The lowest BCUT2D eigenvalue weighted by Gasteiger charge is -2.41. The molecule has 2 aliphatic heterocycles. The normalized spacial score (nSPS) is 28.0. The van der Waals surface area contributed by atoms with Gasteiger partial charge >= 0.3 is 6.09 Å². The number of aryl methyl sites for hydroxylation is 1.